The van der Waals surface area contributed by atoms with Crippen molar-refractivity contribution in [2.75, 3.05) is 5.32 Å². The van der Waals surface area contributed by atoms with Crippen LogP contribution in [-0.2, 0) is 13.1 Å². The Bertz CT molecular complexity index is 1100. The second-order valence-electron chi connectivity index (χ2n) is 6.94. The summed E-state index contributed by atoms with van der Waals surface area (Å²) < 4.78 is 5.11. The second kappa shape index (κ2) is 8.50. The third-order valence-electron chi connectivity index (χ3n) is 4.71. The second-order valence-corrected chi connectivity index (χ2v) is 7.34. The summed E-state index contributed by atoms with van der Waals surface area (Å²) in [6.45, 7) is 0.366. The molecule has 1 aliphatic rings. The van der Waals surface area contributed by atoms with Crippen molar-refractivity contribution < 1.29 is 14.2 Å². The number of anilines is 1. The lowest BCUT2D eigenvalue weighted by Gasteiger charge is -2.10. The van der Waals surface area contributed by atoms with E-state index in [1.54, 1.807) is 6.07 Å². The van der Waals surface area contributed by atoms with Crippen LogP contribution in [0.2, 0.25) is 5.02 Å². The van der Waals surface area contributed by atoms with Crippen LogP contribution in [0.4, 0.5) is 11.4 Å². The summed E-state index contributed by atoms with van der Waals surface area (Å²) in [4.78, 5) is 27.6. The summed E-state index contributed by atoms with van der Waals surface area (Å²) in [5.74, 6) is 0.843. The molecule has 0 radical (unpaired) electrons. The zero-order valence-corrected chi connectivity index (χ0v) is 16.6. The van der Waals surface area contributed by atoms with E-state index in [9.17, 15) is 14.9 Å². The number of amides is 1. The minimum atomic E-state index is -0.536. The molecule has 2 N–H and O–H groups in total. The number of carbonyl (C=O) groups excluding carboxylic acids is 1. The predicted octanol–water partition coefficient (Wildman–Crippen LogP) is 4.05. The largest absolute Gasteiger partial charge is 0.375 e. The Balaban J connectivity index is 1.42. The number of nitrogens with zero attached hydrogens (tertiary/aromatic N) is 3. The first-order valence-electron chi connectivity index (χ1n) is 9.37. The molecular weight excluding hydrogens is 410 g/mol. The maximum absolute atomic E-state index is 12.4. The molecule has 1 saturated carbocycles. The molecule has 1 amide bonds. The Kier molecular flexibility index (Phi) is 5.62. The van der Waals surface area contributed by atoms with E-state index in [0.29, 0.717) is 34.9 Å². The molecule has 154 valence electrons. The molecule has 1 heterocycles. The molecule has 1 fully saturated rings. The number of rotatable bonds is 8. The number of hydrogen-bond donors (Lipinski definition) is 2. The number of benzene rings is 2. The van der Waals surface area contributed by atoms with Crippen LogP contribution < -0.4 is 10.6 Å². The number of nitro groups is 1. The fourth-order valence-electron chi connectivity index (χ4n) is 2.91. The van der Waals surface area contributed by atoms with Gasteiger partial charge in [-0.2, -0.15) is 4.98 Å². The van der Waals surface area contributed by atoms with Gasteiger partial charge >= 0.3 is 0 Å². The fourth-order valence-corrected chi connectivity index (χ4v) is 3.11. The number of carbonyl (C=O) groups is 1. The average Bonchev–Trinajstić information content (AvgIpc) is 3.49. The average molecular weight is 428 g/mol. The molecule has 0 saturated heterocycles. The van der Waals surface area contributed by atoms with Gasteiger partial charge in [-0.3, -0.25) is 14.9 Å². The van der Waals surface area contributed by atoms with Gasteiger partial charge in [-0.15, -0.1) is 0 Å². The molecule has 1 aliphatic carbocycles. The van der Waals surface area contributed by atoms with Gasteiger partial charge in [-0.25, -0.2) is 0 Å². The van der Waals surface area contributed by atoms with Gasteiger partial charge in [-0.05, 0) is 36.6 Å². The van der Waals surface area contributed by atoms with Gasteiger partial charge in [0, 0.05) is 29.1 Å². The lowest BCUT2D eigenvalue weighted by atomic mass is 10.1. The summed E-state index contributed by atoms with van der Waals surface area (Å²) in [7, 11) is 0. The quantitative estimate of drug-likeness (QED) is 0.410. The molecule has 0 aliphatic heterocycles. The first kappa shape index (κ1) is 19.8. The van der Waals surface area contributed by atoms with Crippen LogP contribution >= 0.6 is 11.6 Å². The molecule has 0 atom stereocenters. The van der Waals surface area contributed by atoms with Crippen molar-refractivity contribution >= 4 is 28.9 Å². The van der Waals surface area contributed by atoms with Gasteiger partial charge in [0.05, 0.1) is 11.5 Å². The van der Waals surface area contributed by atoms with Crippen molar-refractivity contribution in [1.82, 2.24) is 15.5 Å². The normalized spacial score (nSPS) is 13.1. The van der Waals surface area contributed by atoms with Crippen LogP contribution in [0.15, 0.2) is 47.0 Å². The van der Waals surface area contributed by atoms with Crippen LogP contribution in [0.5, 0.6) is 0 Å². The summed E-state index contributed by atoms with van der Waals surface area (Å²) >= 11 is 6.12. The number of nitrogens with one attached hydrogen (secondary N) is 2. The molecule has 1 aromatic heterocycles. The Hall–Kier alpha value is -3.46. The Morgan fingerprint density at radius 2 is 2.03 bits per heavy atom. The zero-order valence-electron chi connectivity index (χ0n) is 15.8. The zero-order chi connectivity index (χ0) is 21.1. The van der Waals surface area contributed by atoms with Crippen molar-refractivity contribution in [3.05, 3.63) is 80.4 Å². The van der Waals surface area contributed by atoms with E-state index in [-0.39, 0.29) is 17.8 Å². The fraction of sp³-hybridized carbons (Fsp3) is 0.250. The standard InChI is InChI=1S/C20H18ClN5O4/c21-15-4-2-1-3-14(15)10-22-16-8-7-13(9-17(16)26(28)29)20(27)23-11-18-24-19(25-30-18)12-5-6-12/h1-4,7-9,12,22H,5-6,10-11H2,(H,23,27). The summed E-state index contributed by atoms with van der Waals surface area (Å²) in [6.07, 6.45) is 2.09. The summed E-state index contributed by atoms with van der Waals surface area (Å²) in [5.41, 5.74) is 1.05. The van der Waals surface area contributed by atoms with E-state index < -0.39 is 10.8 Å². The smallest absolute Gasteiger partial charge is 0.293 e. The predicted molar refractivity (Wildman–Crippen MR) is 109 cm³/mol. The van der Waals surface area contributed by atoms with Crippen LogP contribution in [0.3, 0.4) is 0 Å². The van der Waals surface area contributed by atoms with Gasteiger partial charge in [-0.1, -0.05) is 35.0 Å². The Labute approximate surface area is 176 Å². The van der Waals surface area contributed by atoms with Crippen LogP contribution in [-0.4, -0.2) is 21.0 Å². The maximum atomic E-state index is 12.4. The number of hydrogen-bond acceptors (Lipinski definition) is 7. The minimum Gasteiger partial charge on any atom is -0.375 e. The molecule has 0 spiro atoms. The summed E-state index contributed by atoms with van der Waals surface area (Å²) in [6, 6.07) is 11.5. The van der Waals surface area contributed by atoms with E-state index in [4.69, 9.17) is 16.1 Å². The number of nitro benzene ring substituents is 1. The molecule has 0 unspecified atom stereocenters. The van der Waals surface area contributed by atoms with Crippen LogP contribution in [0.1, 0.15) is 46.4 Å². The first-order chi connectivity index (χ1) is 14.5. The van der Waals surface area contributed by atoms with Crippen LogP contribution in [0, 0.1) is 10.1 Å². The molecule has 0 bridgehead atoms. The van der Waals surface area contributed by atoms with Gasteiger partial charge in [0.2, 0.25) is 5.89 Å². The monoisotopic (exact) mass is 427 g/mol. The highest BCUT2D eigenvalue weighted by Gasteiger charge is 2.28. The highest BCUT2D eigenvalue weighted by atomic mass is 35.5. The van der Waals surface area contributed by atoms with Crippen molar-refractivity contribution in [3.8, 4) is 0 Å². The van der Waals surface area contributed by atoms with Gasteiger partial charge in [0.25, 0.3) is 11.6 Å². The van der Waals surface area contributed by atoms with E-state index in [0.717, 1.165) is 18.4 Å². The molecule has 2 aromatic carbocycles. The van der Waals surface area contributed by atoms with Crippen LogP contribution in [0.25, 0.3) is 0 Å². The molecular formula is C20H18ClN5O4. The van der Waals surface area contributed by atoms with Crippen molar-refractivity contribution in [2.45, 2.75) is 31.8 Å². The topological polar surface area (TPSA) is 123 Å². The molecule has 30 heavy (non-hydrogen) atoms. The van der Waals surface area contributed by atoms with E-state index >= 15 is 0 Å². The van der Waals surface area contributed by atoms with Crippen molar-refractivity contribution in [1.29, 1.82) is 0 Å². The molecule has 9 nitrogen and oxygen atoms in total. The third kappa shape index (κ3) is 4.57. The maximum Gasteiger partial charge on any atom is 0.293 e. The lowest BCUT2D eigenvalue weighted by molar-refractivity contribution is -0.384. The highest BCUT2D eigenvalue weighted by molar-refractivity contribution is 6.31. The number of aromatic nitrogens is 2. The Morgan fingerprint density at radius 3 is 2.77 bits per heavy atom. The van der Waals surface area contributed by atoms with Crippen molar-refractivity contribution in [2.24, 2.45) is 0 Å². The minimum absolute atomic E-state index is 0.0544. The molecule has 10 heteroatoms. The van der Waals surface area contributed by atoms with Gasteiger partial charge in [0.15, 0.2) is 5.82 Å². The SMILES string of the molecule is O=C(NCc1nc(C2CC2)no1)c1ccc(NCc2ccccc2Cl)c([N+](=O)[O-])c1. The van der Waals surface area contributed by atoms with E-state index in [1.165, 1.54) is 18.2 Å². The highest BCUT2D eigenvalue weighted by Crippen LogP contribution is 2.38. The molecule has 3 aromatic rings. The van der Waals surface area contributed by atoms with E-state index in [2.05, 4.69) is 20.8 Å². The first-order valence-corrected chi connectivity index (χ1v) is 9.75. The van der Waals surface area contributed by atoms with Gasteiger partial charge in [0.1, 0.15) is 5.69 Å². The lowest BCUT2D eigenvalue weighted by Crippen LogP contribution is -2.23. The third-order valence-corrected chi connectivity index (χ3v) is 5.08. The Morgan fingerprint density at radius 1 is 1.23 bits per heavy atom. The van der Waals surface area contributed by atoms with E-state index in [1.807, 2.05) is 18.2 Å². The summed E-state index contributed by atoms with van der Waals surface area (Å²) in [5, 5.41) is 21.6. The number of halogens is 1. The van der Waals surface area contributed by atoms with Crippen molar-refractivity contribution in [3.63, 3.8) is 0 Å². The molecule has 4 rings (SSSR count). The van der Waals surface area contributed by atoms with Gasteiger partial charge < -0.3 is 15.2 Å².